The van der Waals surface area contributed by atoms with Gasteiger partial charge in [0.2, 0.25) is 0 Å². The summed E-state index contributed by atoms with van der Waals surface area (Å²) in [6.07, 6.45) is -3.07. The average Bonchev–Trinajstić information content (AvgIpc) is 2.37. The number of rotatable bonds is 3. The molecule has 0 aliphatic carbocycles. The van der Waals surface area contributed by atoms with Crippen molar-refractivity contribution < 1.29 is 22.7 Å². The molecule has 2 rings (SSSR count). The summed E-state index contributed by atoms with van der Waals surface area (Å²) in [7, 11) is 0. The van der Waals surface area contributed by atoms with Crippen molar-refractivity contribution in [1.29, 1.82) is 0 Å². The molecule has 0 saturated carbocycles. The molecule has 0 amide bonds. The second-order valence-corrected chi connectivity index (χ2v) is 4.16. The zero-order valence-corrected chi connectivity index (χ0v) is 10.6. The van der Waals surface area contributed by atoms with Gasteiger partial charge in [0, 0.05) is 17.3 Å². The first-order chi connectivity index (χ1) is 9.40. The summed E-state index contributed by atoms with van der Waals surface area (Å²) in [5.41, 5.74) is 0.516. The van der Waals surface area contributed by atoms with E-state index in [-0.39, 0.29) is 22.0 Å². The molecule has 0 aliphatic rings. The molecule has 0 atom stereocenters. The fraction of sp³-hybridized carbons (Fsp3) is 0.0769. The van der Waals surface area contributed by atoms with Crippen molar-refractivity contribution in [3.05, 3.63) is 47.2 Å². The topological polar surface area (TPSA) is 39.2 Å². The van der Waals surface area contributed by atoms with Crippen LogP contribution in [0, 0.1) is 0 Å². The second-order valence-electron chi connectivity index (χ2n) is 3.75. The van der Waals surface area contributed by atoms with Crippen LogP contribution in [0.3, 0.4) is 0 Å². The van der Waals surface area contributed by atoms with Crippen LogP contribution in [0.4, 0.5) is 13.2 Å². The number of ether oxygens (including phenoxy) is 1. The first kappa shape index (κ1) is 14.3. The predicted octanol–water partition coefficient (Wildman–Crippen LogP) is 4.11. The van der Waals surface area contributed by atoms with Gasteiger partial charge in [-0.25, -0.2) is 0 Å². The molecule has 0 unspecified atom stereocenters. The number of hydrogen-bond acceptors (Lipinski definition) is 3. The van der Waals surface area contributed by atoms with Crippen molar-refractivity contribution in [2.24, 2.45) is 0 Å². The number of nitrogens with zero attached hydrogens (tertiary/aromatic N) is 1. The summed E-state index contributed by atoms with van der Waals surface area (Å²) in [6, 6.07) is 6.95. The molecule has 0 spiro atoms. The van der Waals surface area contributed by atoms with Gasteiger partial charge in [-0.05, 0) is 12.1 Å². The lowest BCUT2D eigenvalue weighted by Crippen LogP contribution is -2.17. The summed E-state index contributed by atoms with van der Waals surface area (Å²) in [4.78, 5) is 14.4. The van der Waals surface area contributed by atoms with E-state index in [9.17, 15) is 18.0 Å². The molecule has 7 heteroatoms. The smallest absolute Gasteiger partial charge is 0.405 e. The van der Waals surface area contributed by atoms with Crippen molar-refractivity contribution in [3.63, 3.8) is 0 Å². The highest BCUT2D eigenvalue weighted by molar-refractivity contribution is 6.32. The Morgan fingerprint density at radius 1 is 1.25 bits per heavy atom. The van der Waals surface area contributed by atoms with E-state index in [4.69, 9.17) is 11.6 Å². The third-order valence-corrected chi connectivity index (χ3v) is 2.71. The zero-order chi connectivity index (χ0) is 14.8. The minimum Gasteiger partial charge on any atom is -0.405 e. The quantitative estimate of drug-likeness (QED) is 0.801. The monoisotopic (exact) mass is 301 g/mol. The number of aldehydes is 1. The number of hydrogen-bond donors (Lipinski definition) is 0. The third-order valence-electron chi connectivity index (χ3n) is 2.41. The molecular weight excluding hydrogens is 295 g/mol. The Labute approximate surface area is 117 Å². The molecule has 3 nitrogen and oxygen atoms in total. The molecule has 0 saturated heterocycles. The molecule has 104 valence electrons. The molecule has 1 heterocycles. The summed E-state index contributed by atoms with van der Waals surface area (Å²) < 4.78 is 40.9. The largest absolute Gasteiger partial charge is 0.573 e. The third kappa shape index (κ3) is 3.27. The minimum absolute atomic E-state index is 0.0182. The Hall–Kier alpha value is -2.08. The molecule has 0 fully saturated rings. The van der Waals surface area contributed by atoms with Gasteiger partial charge in [-0.15, -0.1) is 13.2 Å². The Balaban J connectivity index is 2.47. The maximum absolute atomic E-state index is 12.3. The predicted molar refractivity (Wildman–Crippen MR) is 66.8 cm³/mol. The van der Waals surface area contributed by atoms with Crippen molar-refractivity contribution in [2.75, 3.05) is 0 Å². The van der Waals surface area contributed by atoms with E-state index >= 15 is 0 Å². The van der Waals surface area contributed by atoms with E-state index in [1.165, 1.54) is 30.5 Å². The van der Waals surface area contributed by atoms with Crippen molar-refractivity contribution in [2.45, 2.75) is 6.36 Å². The van der Waals surface area contributed by atoms with Gasteiger partial charge in [-0.3, -0.25) is 9.78 Å². The number of carbonyl (C=O) groups is 1. The van der Waals surface area contributed by atoms with Gasteiger partial charge in [0.05, 0.1) is 5.02 Å². The van der Waals surface area contributed by atoms with Crippen LogP contribution in [0.1, 0.15) is 10.5 Å². The van der Waals surface area contributed by atoms with Gasteiger partial charge < -0.3 is 4.74 Å². The van der Waals surface area contributed by atoms with E-state index in [2.05, 4.69) is 9.72 Å². The Bertz CT molecular complexity index is 644. The van der Waals surface area contributed by atoms with Crippen LogP contribution >= 0.6 is 11.6 Å². The molecule has 0 N–H and O–H groups in total. The number of halogens is 4. The summed E-state index contributed by atoms with van der Waals surface area (Å²) in [5, 5.41) is 0.0549. The Kier molecular flexibility index (Phi) is 3.94. The van der Waals surface area contributed by atoms with Crippen LogP contribution in [0.25, 0.3) is 11.1 Å². The number of pyridine rings is 1. The zero-order valence-electron chi connectivity index (χ0n) is 9.82. The van der Waals surface area contributed by atoms with E-state index in [1.807, 2.05) is 0 Å². The molecule has 2 aromatic rings. The van der Waals surface area contributed by atoms with Crippen LogP contribution in [-0.4, -0.2) is 17.6 Å². The lowest BCUT2D eigenvalue weighted by atomic mass is 10.1. The van der Waals surface area contributed by atoms with Crippen LogP contribution in [0.2, 0.25) is 5.02 Å². The van der Waals surface area contributed by atoms with Gasteiger partial charge in [0.25, 0.3) is 0 Å². The molecule has 0 bridgehead atoms. The normalized spacial score (nSPS) is 11.2. The summed E-state index contributed by atoms with van der Waals surface area (Å²) in [6.45, 7) is 0. The fourth-order valence-corrected chi connectivity index (χ4v) is 1.81. The molecular formula is C13H7ClF3NO2. The van der Waals surface area contributed by atoms with E-state index in [0.29, 0.717) is 11.8 Å². The standard InChI is InChI=1S/C13H7ClF3NO2/c14-10-5-8(6-18-11(10)7-19)9-3-1-2-4-12(9)20-13(15,16)17/h1-7H. The lowest BCUT2D eigenvalue weighted by Gasteiger charge is -2.13. The van der Waals surface area contributed by atoms with Gasteiger partial charge in [0.1, 0.15) is 11.4 Å². The van der Waals surface area contributed by atoms with E-state index < -0.39 is 6.36 Å². The average molecular weight is 302 g/mol. The van der Waals surface area contributed by atoms with E-state index in [0.717, 1.165) is 0 Å². The first-order valence-electron chi connectivity index (χ1n) is 5.36. The lowest BCUT2D eigenvalue weighted by molar-refractivity contribution is -0.274. The molecule has 0 radical (unpaired) electrons. The highest BCUT2D eigenvalue weighted by Crippen LogP contribution is 2.34. The molecule has 1 aromatic heterocycles. The van der Waals surface area contributed by atoms with Crippen LogP contribution in [0.15, 0.2) is 36.5 Å². The molecule has 1 aromatic carbocycles. The van der Waals surface area contributed by atoms with Gasteiger partial charge in [0.15, 0.2) is 6.29 Å². The fourth-order valence-electron chi connectivity index (χ4n) is 1.60. The van der Waals surface area contributed by atoms with Crippen LogP contribution in [-0.2, 0) is 0 Å². The summed E-state index contributed by atoms with van der Waals surface area (Å²) in [5.74, 6) is -0.364. The second kappa shape index (κ2) is 5.50. The minimum atomic E-state index is -4.80. The van der Waals surface area contributed by atoms with Gasteiger partial charge in [-0.2, -0.15) is 0 Å². The van der Waals surface area contributed by atoms with Gasteiger partial charge in [-0.1, -0.05) is 29.8 Å². The number of benzene rings is 1. The maximum atomic E-state index is 12.3. The van der Waals surface area contributed by atoms with Crippen LogP contribution in [0.5, 0.6) is 5.75 Å². The SMILES string of the molecule is O=Cc1ncc(-c2ccccc2OC(F)(F)F)cc1Cl. The molecule has 0 aliphatic heterocycles. The van der Waals surface area contributed by atoms with Gasteiger partial charge >= 0.3 is 6.36 Å². The van der Waals surface area contributed by atoms with Crippen molar-refractivity contribution >= 4 is 17.9 Å². The Morgan fingerprint density at radius 3 is 2.55 bits per heavy atom. The first-order valence-corrected chi connectivity index (χ1v) is 5.74. The molecule has 20 heavy (non-hydrogen) atoms. The number of para-hydroxylation sites is 1. The maximum Gasteiger partial charge on any atom is 0.573 e. The van der Waals surface area contributed by atoms with Crippen molar-refractivity contribution in [3.8, 4) is 16.9 Å². The number of aromatic nitrogens is 1. The van der Waals surface area contributed by atoms with E-state index in [1.54, 1.807) is 6.07 Å². The number of carbonyl (C=O) groups excluding carboxylic acids is 1. The highest BCUT2D eigenvalue weighted by atomic mass is 35.5. The Morgan fingerprint density at radius 2 is 1.95 bits per heavy atom. The van der Waals surface area contributed by atoms with Crippen LogP contribution < -0.4 is 4.74 Å². The number of alkyl halides is 3. The highest BCUT2D eigenvalue weighted by Gasteiger charge is 2.32. The summed E-state index contributed by atoms with van der Waals surface area (Å²) >= 11 is 5.81. The van der Waals surface area contributed by atoms with Crippen molar-refractivity contribution in [1.82, 2.24) is 4.98 Å².